The van der Waals surface area contributed by atoms with Crippen molar-refractivity contribution in [3.8, 4) is 6.07 Å². The van der Waals surface area contributed by atoms with E-state index in [2.05, 4.69) is 16.2 Å². The molecule has 1 aliphatic heterocycles. The number of aromatic nitrogens is 3. The molecule has 2 aliphatic rings. The van der Waals surface area contributed by atoms with Crippen LogP contribution in [-0.2, 0) is 34.1 Å². The van der Waals surface area contributed by atoms with Crippen molar-refractivity contribution >= 4 is 23.3 Å². The highest BCUT2D eigenvalue weighted by Gasteiger charge is 2.59. The van der Waals surface area contributed by atoms with Gasteiger partial charge in [0.1, 0.15) is 42.8 Å². The highest BCUT2D eigenvalue weighted by molar-refractivity contribution is 5.76. The lowest BCUT2D eigenvalue weighted by atomic mass is 9.71. The number of aliphatic hydroxyl groups is 1. The number of anilines is 1. The Bertz CT molecular complexity index is 1270. The molecule has 4 rings (SSSR count). The Hall–Kier alpha value is -3.27. The predicted molar refractivity (Wildman–Crippen MR) is 142 cm³/mol. The van der Waals surface area contributed by atoms with Crippen LogP contribution in [0.25, 0.3) is 5.52 Å². The summed E-state index contributed by atoms with van der Waals surface area (Å²) in [5.74, 6) is -0.518. The molecule has 12 nitrogen and oxygen atoms in total. The minimum Gasteiger partial charge on any atom is -0.462 e. The van der Waals surface area contributed by atoms with E-state index in [1.54, 1.807) is 32.9 Å². The lowest BCUT2D eigenvalue weighted by Gasteiger charge is -2.35. The number of ether oxygens (including phenoxy) is 4. The van der Waals surface area contributed by atoms with Crippen LogP contribution in [0.3, 0.4) is 0 Å². The van der Waals surface area contributed by atoms with E-state index >= 15 is 0 Å². The average Bonchev–Trinajstić information content (AvgIpc) is 3.47. The van der Waals surface area contributed by atoms with E-state index in [9.17, 15) is 20.0 Å². The molecule has 2 aromatic rings. The number of nitriles is 1. The summed E-state index contributed by atoms with van der Waals surface area (Å²) < 4.78 is 24.3. The highest BCUT2D eigenvalue weighted by atomic mass is 16.7. The Labute approximate surface area is 233 Å². The van der Waals surface area contributed by atoms with E-state index in [4.69, 9.17) is 24.7 Å². The maximum atomic E-state index is 13.2. The number of rotatable bonds is 8. The molecule has 218 valence electrons. The second kappa shape index (κ2) is 11.3. The highest BCUT2D eigenvalue weighted by Crippen LogP contribution is 2.43. The third-order valence-electron chi connectivity index (χ3n) is 8.05. The molecular weight excluding hydrogens is 518 g/mol. The van der Waals surface area contributed by atoms with Gasteiger partial charge in [-0.2, -0.15) is 10.4 Å². The summed E-state index contributed by atoms with van der Waals surface area (Å²) in [5.41, 5.74) is 3.14. The van der Waals surface area contributed by atoms with Gasteiger partial charge in [0.25, 0.3) is 0 Å². The van der Waals surface area contributed by atoms with Crippen molar-refractivity contribution in [3.05, 3.63) is 24.2 Å². The van der Waals surface area contributed by atoms with Crippen LogP contribution in [-0.4, -0.2) is 63.4 Å². The number of carbonyl (C=O) groups is 2. The first-order valence-corrected chi connectivity index (χ1v) is 13.6. The summed E-state index contributed by atoms with van der Waals surface area (Å²) in [6.45, 7) is 8.08. The normalized spacial score (nSPS) is 26.0. The van der Waals surface area contributed by atoms with Crippen molar-refractivity contribution in [2.45, 2.75) is 90.6 Å². The fourth-order valence-corrected chi connectivity index (χ4v) is 5.45. The second-order valence-electron chi connectivity index (χ2n) is 12.2. The molecule has 0 bridgehead atoms. The second-order valence-corrected chi connectivity index (χ2v) is 12.2. The minimum atomic E-state index is -1.96. The number of carbonyl (C=O) groups excluding carboxylic acids is 2. The Morgan fingerprint density at radius 1 is 1.18 bits per heavy atom. The van der Waals surface area contributed by atoms with Crippen molar-refractivity contribution in [1.29, 1.82) is 5.26 Å². The molecule has 3 heterocycles. The maximum Gasteiger partial charge on any atom is 0.313 e. The molecule has 2 fully saturated rings. The summed E-state index contributed by atoms with van der Waals surface area (Å²) in [6, 6.07) is 5.24. The number of fused-ring (bicyclic) bond motifs is 1. The Morgan fingerprint density at radius 3 is 2.52 bits per heavy atom. The zero-order valence-electron chi connectivity index (χ0n) is 23.8. The van der Waals surface area contributed by atoms with Gasteiger partial charge in [0.15, 0.2) is 12.6 Å². The topological polar surface area (TPSA) is 171 Å². The van der Waals surface area contributed by atoms with Crippen molar-refractivity contribution in [2.75, 3.05) is 19.1 Å². The minimum absolute atomic E-state index is 0.180. The molecule has 0 aromatic carbocycles. The number of hydrogen-bond donors (Lipinski definition) is 2. The average molecular weight is 558 g/mol. The fraction of sp³-hybridized carbons (Fsp3) is 0.679. The molecule has 1 aliphatic carbocycles. The van der Waals surface area contributed by atoms with Gasteiger partial charge in [-0.05, 0) is 65.5 Å². The predicted octanol–water partition coefficient (Wildman–Crippen LogP) is 2.87. The summed E-state index contributed by atoms with van der Waals surface area (Å²) >= 11 is 0. The summed E-state index contributed by atoms with van der Waals surface area (Å²) in [5, 5.41) is 26.0. The molecule has 3 N–H and O–H groups in total. The summed E-state index contributed by atoms with van der Waals surface area (Å²) in [7, 11) is 0. The van der Waals surface area contributed by atoms with E-state index in [-0.39, 0.29) is 24.0 Å². The smallest absolute Gasteiger partial charge is 0.313 e. The van der Waals surface area contributed by atoms with Crippen molar-refractivity contribution in [3.63, 3.8) is 0 Å². The van der Waals surface area contributed by atoms with Crippen LogP contribution in [0.4, 0.5) is 5.82 Å². The molecule has 40 heavy (non-hydrogen) atoms. The van der Waals surface area contributed by atoms with E-state index in [1.165, 1.54) is 10.8 Å². The molecule has 1 saturated heterocycles. The van der Waals surface area contributed by atoms with Gasteiger partial charge in [-0.25, -0.2) is 9.50 Å². The fourth-order valence-electron chi connectivity index (χ4n) is 5.45. The van der Waals surface area contributed by atoms with Gasteiger partial charge in [-0.1, -0.05) is 19.3 Å². The largest absolute Gasteiger partial charge is 0.462 e. The summed E-state index contributed by atoms with van der Waals surface area (Å²) in [6.07, 6.45) is 2.65. The van der Waals surface area contributed by atoms with Crippen LogP contribution in [0.1, 0.15) is 72.4 Å². The van der Waals surface area contributed by atoms with Crippen LogP contribution in [0.15, 0.2) is 18.5 Å². The first-order chi connectivity index (χ1) is 18.8. The van der Waals surface area contributed by atoms with E-state index in [1.807, 2.05) is 13.8 Å². The Morgan fingerprint density at radius 2 is 1.88 bits per heavy atom. The number of esters is 2. The summed E-state index contributed by atoms with van der Waals surface area (Å²) in [4.78, 5) is 29.5. The first-order valence-electron chi connectivity index (χ1n) is 13.6. The molecule has 0 unspecified atom stereocenters. The van der Waals surface area contributed by atoms with Gasteiger partial charge < -0.3 is 29.8 Å². The van der Waals surface area contributed by atoms with Crippen molar-refractivity contribution < 1.29 is 33.6 Å². The molecule has 0 radical (unpaired) electrons. The Kier molecular flexibility index (Phi) is 8.40. The standard InChI is InChI=1S/C28H39N5O7/c1-26(2,3)24(35)39-16-38-21-19(13-37-25(36)27(4,5)17-9-7-6-8-10-17)40-28(14-29,22(21)34)20-12-11-18-23(30)31-15-32-33(18)20/h11-12,15,17,19,21-22,34H,6-10,13,16H2,1-5H3,(H2,30,31,32)/t19-,21-,22-,28+/m1/s1. The van der Waals surface area contributed by atoms with Gasteiger partial charge in [-0.3, -0.25) is 9.59 Å². The van der Waals surface area contributed by atoms with E-state index < -0.39 is 53.5 Å². The number of hydrogen-bond acceptors (Lipinski definition) is 11. The van der Waals surface area contributed by atoms with Gasteiger partial charge in [0, 0.05) is 0 Å². The van der Waals surface area contributed by atoms with E-state index in [0.717, 1.165) is 32.1 Å². The SMILES string of the molecule is CC(C)(C)C(=O)OCO[C@H]1[C@@H](O)[C@](C#N)(c2ccc3c(N)ncnn23)O[C@@H]1COC(=O)C(C)(C)C1CCCCC1. The monoisotopic (exact) mass is 557 g/mol. The molecule has 12 heteroatoms. The van der Waals surface area contributed by atoms with Gasteiger partial charge in [0.05, 0.1) is 16.5 Å². The number of nitrogen functional groups attached to an aromatic ring is 1. The van der Waals surface area contributed by atoms with E-state index in [0.29, 0.717) is 5.52 Å². The third-order valence-corrected chi connectivity index (χ3v) is 8.05. The lowest BCUT2D eigenvalue weighted by Crippen LogP contribution is -2.43. The molecule has 0 amide bonds. The van der Waals surface area contributed by atoms with Crippen LogP contribution in [0.5, 0.6) is 0 Å². The van der Waals surface area contributed by atoms with Crippen LogP contribution >= 0.6 is 0 Å². The molecular formula is C28H39N5O7. The van der Waals surface area contributed by atoms with Crippen LogP contribution in [0.2, 0.25) is 0 Å². The molecule has 2 aromatic heterocycles. The number of aliphatic hydroxyl groups excluding tert-OH is 1. The maximum absolute atomic E-state index is 13.2. The lowest BCUT2D eigenvalue weighted by molar-refractivity contribution is -0.179. The number of nitrogens with two attached hydrogens (primary N) is 1. The van der Waals surface area contributed by atoms with Crippen molar-refractivity contribution in [2.24, 2.45) is 16.7 Å². The number of nitrogens with zero attached hydrogens (tertiary/aromatic N) is 4. The molecule has 4 atom stereocenters. The first kappa shape index (κ1) is 29.7. The zero-order valence-corrected chi connectivity index (χ0v) is 23.8. The quantitative estimate of drug-likeness (QED) is 0.361. The molecule has 1 saturated carbocycles. The van der Waals surface area contributed by atoms with Crippen LogP contribution < -0.4 is 5.73 Å². The van der Waals surface area contributed by atoms with Gasteiger partial charge in [0.2, 0.25) is 5.60 Å². The third kappa shape index (κ3) is 5.50. The van der Waals surface area contributed by atoms with Crippen LogP contribution in [0, 0.1) is 28.1 Å². The van der Waals surface area contributed by atoms with Crippen molar-refractivity contribution in [1.82, 2.24) is 14.6 Å². The molecule has 0 spiro atoms. The van der Waals surface area contributed by atoms with Gasteiger partial charge in [-0.15, -0.1) is 0 Å². The Balaban J connectivity index is 1.59. The zero-order chi connectivity index (χ0) is 29.3. The van der Waals surface area contributed by atoms with Gasteiger partial charge >= 0.3 is 11.9 Å².